The first-order chi connectivity index (χ1) is 31.6. The number of hydrogen-bond acceptors (Lipinski definition) is 5. The summed E-state index contributed by atoms with van der Waals surface area (Å²) < 4.78 is 17.4. The van der Waals surface area contributed by atoms with Gasteiger partial charge in [0.2, 0.25) is 0 Å². The first-order valence-electron chi connectivity index (χ1n) is 27.8. The highest BCUT2D eigenvalue weighted by Crippen LogP contribution is 2.15. The Morgan fingerprint density at radius 3 is 1.17 bits per heavy atom. The van der Waals surface area contributed by atoms with Gasteiger partial charge in [-0.25, -0.2) is 0 Å². The summed E-state index contributed by atoms with van der Waals surface area (Å²) in [6, 6.07) is 0. The normalized spacial score (nSPS) is 12.6. The van der Waals surface area contributed by atoms with Crippen LogP contribution in [0.2, 0.25) is 0 Å². The van der Waals surface area contributed by atoms with Gasteiger partial charge >= 0.3 is 11.9 Å². The number of carbonyl (C=O) groups excluding carboxylic acids is 2. The fourth-order valence-electron chi connectivity index (χ4n) is 7.91. The summed E-state index contributed by atoms with van der Waals surface area (Å²) in [5, 5.41) is 0. The number of rotatable bonds is 51. The van der Waals surface area contributed by atoms with E-state index in [4.69, 9.17) is 14.2 Å². The molecule has 0 aromatic heterocycles. The van der Waals surface area contributed by atoms with Gasteiger partial charge in [0.15, 0.2) is 6.10 Å². The fraction of sp³-hybridized carbons (Fsp3) is 0.797. The van der Waals surface area contributed by atoms with Gasteiger partial charge in [0.1, 0.15) is 6.61 Å². The first-order valence-corrected chi connectivity index (χ1v) is 27.8. The first kappa shape index (κ1) is 61.6. The Balaban J connectivity index is 4.31. The Hall–Kier alpha value is -2.40. The van der Waals surface area contributed by atoms with Gasteiger partial charge in [0, 0.05) is 19.4 Å². The van der Waals surface area contributed by atoms with E-state index in [1.807, 2.05) is 0 Å². The molecule has 0 heterocycles. The van der Waals surface area contributed by atoms with Crippen molar-refractivity contribution in [3.63, 3.8) is 0 Å². The Kier molecular flexibility index (Phi) is 52.9. The molecule has 372 valence electrons. The van der Waals surface area contributed by atoms with Gasteiger partial charge in [0.05, 0.1) is 6.61 Å². The van der Waals surface area contributed by atoms with Crippen molar-refractivity contribution in [3.8, 4) is 0 Å². The molecule has 0 aromatic carbocycles. The third-order valence-electron chi connectivity index (χ3n) is 12.0. The molecule has 64 heavy (non-hydrogen) atoms. The summed E-state index contributed by atoms with van der Waals surface area (Å²) in [7, 11) is 0. The van der Waals surface area contributed by atoms with Crippen LogP contribution in [0.4, 0.5) is 0 Å². The quantitative estimate of drug-likeness (QED) is 0.0346. The summed E-state index contributed by atoms with van der Waals surface area (Å²) >= 11 is 0. The van der Waals surface area contributed by atoms with Crippen LogP contribution in [-0.4, -0.2) is 37.9 Å². The van der Waals surface area contributed by atoms with Crippen molar-refractivity contribution in [1.29, 1.82) is 0 Å². The van der Waals surface area contributed by atoms with Crippen LogP contribution < -0.4 is 0 Å². The van der Waals surface area contributed by atoms with Gasteiger partial charge < -0.3 is 14.2 Å². The Labute approximate surface area is 398 Å². The molecule has 0 bridgehead atoms. The maximum absolute atomic E-state index is 12.8. The maximum Gasteiger partial charge on any atom is 0.306 e. The molecule has 0 radical (unpaired) electrons. The number of ether oxygens (including phenoxy) is 3. The van der Waals surface area contributed by atoms with Crippen LogP contribution in [0.25, 0.3) is 0 Å². The maximum atomic E-state index is 12.8. The zero-order valence-electron chi connectivity index (χ0n) is 42.8. The molecule has 0 N–H and O–H groups in total. The predicted octanol–water partition coefficient (Wildman–Crippen LogP) is 18.9. The lowest BCUT2D eigenvalue weighted by Gasteiger charge is -2.18. The van der Waals surface area contributed by atoms with Crippen LogP contribution >= 0.6 is 0 Å². The van der Waals surface area contributed by atoms with Crippen LogP contribution in [0.15, 0.2) is 60.8 Å². The van der Waals surface area contributed by atoms with E-state index in [0.717, 1.165) is 77.0 Å². The number of hydrogen-bond donors (Lipinski definition) is 0. The second-order valence-corrected chi connectivity index (χ2v) is 18.5. The second-order valence-electron chi connectivity index (χ2n) is 18.5. The molecule has 5 heteroatoms. The van der Waals surface area contributed by atoms with Crippen LogP contribution in [0.5, 0.6) is 0 Å². The van der Waals surface area contributed by atoms with Gasteiger partial charge in [-0.1, -0.05) is 242 Å². The number of allylic oxidation sites excluding steroid dienone is 10. The highest BCUT2D eigenvalue weighted by atomic mass is 16.6. The average molecular weight is 895 g/mol. The van der Waals surface area contributed by atoms with Crippen LogP contribution in [-0.2, 0) is 23.8 Å². The van der Waals surface area contributed by atoms with E-state index in [0.29, 0.717) is 19.4 Å². The summed E-state index contributed by atoms with van der Waals surface area (Å²) in [5.74, 6) is -0.439. The van der Waals surface area contributed by atoms with Gasteiger partial charge in [-0.05, 0) is 83.5 Å². The van der Waals surface area contributed by atoms with Gasteiger partial charge in [0.25, 0.3) is 0 Å². The zero-order valence-corrected chi connectivity index (χ0v) is 42.8. The summed E-state index contributed by atoms with van der Waals surface area (Å²) in [6.07, 6.45) is 69.5. The molecule has 0 unspecified atom stereocenters. The molecule has 0 aliphatic heterocycles. The second kappa shape index (κ2) is 54.9. The number of esters is 2. The molecule has 0 aromatic rings. The third-order valence-corrected chi connectivity index (χ3v) is 12.0. The van der Waals surface area contributed by atoms with E-state index in [9.17, 15) is 9.59 Å². The minimum absolute atomic E-state index is 0.0641. The summed E-state index contributed by atoms with van der Waals surface area (Å²) in [6.45, 7) is 7.70. The molecule has 0 rings (SSSR count). The Morgan fingerprint density at radius 1 is 0.359 bits per heavy atom. The van der Waals surface area contributed by atoms with Crippen molar-refractivity contribution in [2.45, 2.75) is 284 Å². The van der Waals surface area contributed by atoms with E-state index in [1.165, 1.54) is 167 Å². The Morgan fingerprint density at radius 2 is 0.703 bits per heavy atom. The SMILES string of the molecule is CC/C=C\C/C=C\C/C=C\C/C=C\CCCCC(=O)OC[C@@H](COCCCCCCCCCCCCCCCCCC)OC(=O)CCCCCCCCC/C=C\CCCCCCCC. The van der Waals surface area contributed by atoms with Crippen molar-refractivity contribution < 1.29 is 23.8 Å². The van der Waals surface area contributed by atoms with Gasteiger partial charge in [-0.3, -0.25) is 9.59 Å². The molecule has 0 amide bonds. The monoisotopic (exact) mass is 895 g/mol. The van der Waals surface area contributed by atoms with Crippen molar-refractivity contribution in [1.82, 2.24) is 0 Å². The molecule has 0 saturated heterocycles. The minimum Gasteiger partial charge on any atom is -0.462 e. The average Bonchev–Trinajstić information content (AvgIpc) is 3.30. The number of unbranched alkanes of at least 4 members (excludes halogenated alkanes) is 30. The van der Waals surface area contributed by atoms with Crippen LogP contribution in [0, 0.1) is 0 Å². The summed E-state index contributed by atoms with van der Waals surface area (Å²) in [4.78, 5) is 25.5. The molecule has 0 aliphatic carbocycles. The molecule has 0 saturated carbocycles. The van der Waals surface area contributed by atoms with E-state index in [2.05, 4.69) is 81.5 Å². The molecular formula is C59H106O5. The standard InChI is InChI=1S/C59H106O5/c1-4-7-10-13-16-19-22-25-28-30-32-35-38-41-44-47-50-53-59(61)64-57(55-62-54-51-48-45-42-39-36-33-29-26-23-20-17-14-11-8-5-2)56-63-58(60)52-49-46-43-40-37-34-31-27-24-21-18-15-12-9-6-3/h9,12,18,21,25,27-28,31,37,40,57H,4-8,10-11,13-17,19-20,22-24,26,29-30,32-36,38-39,41-56H2,1-3H3/b12-9-,21-18-,28-25-,31-27-,40-37-/t57-/m1/s1. The van der Waals surface area contributed by atoms with Crippen molar-refractivity contribution in [2.24, 2.45) is 0 Å². The Bertz CT molecular complexity index is 1100. The van der Waals surface area contributed by atoms with Crippen LogP contribution in [0.1, 0.15) is 278 Å². The predicted molar refractivity (Wildman–Crippen MR) is 279 cm³/mol. The van der Waals surface area contributed by atoms with Crippen molar-refractivity contribution >= 4 is 11.9 Å². The number of carbonyl (C=O) groups is 2. The van der Waals surface area contributed by atoms with E-state index >= 15 is 0 Å². The molecule has 0 spiro atoms. The van der Waals surface area contributed by atoms with Crippen molar-refractivity contribution in [2.75, 3.05) is 19.8 Å². The lowest BCUT2D eigenvalue weighted by molar-refractivity contribution is -0.163. The highest BCUT2D eigenvalue weighted by Gasteiger charge is 2.17. The largest absolute Gasteiger partial charge is 0.462 e. The van der Waals surface area contributed by atoms with E-state index < -0.39 is 6.10 Å². The van der Waals surface area contributed by atoms with Crippen molar-refractivity contribution in [3.05, 3.63) is 60.8 Å². The van der Waals surface area contributed by atoms with E-state index in [1.54, 1.807) is 0 Å². The minimum atomic E-state index is -0.554. The van der Waals surface area contributed by atoms with Gasteiger partial charge in [-0.2, -0.15) is 0 Å². The molecule has 1 atom stereocenters. The lowest BCUT2D eigenvalue weighted by atomic mass is 10.0. The summed E-state index contributed by atoms with van der Waals surface area (Å²) in [5.41, 5.74) is 0. The molecule has 5 nitrogen and oxygen atoms in total. The smallest absolute Gasteiger partial charge is 0.306 e. The zero-order chi connectivity index (χ0) is 46.3. The van der Waals surface area contributed by atoms with Crippen LogP contribution in [0.3, 0.4) is 0 Å². The highest BCUT2D eigenvalue weighted by molar-refractivity contribution is 5.70. The molecular weight excluding hydrogens is 789 g/mol. The van der Waals surface area contributed by atoms with Gasteiger partial charge in [-0.15, -0.1) is 0 Å². The molecule has 0 fully saturated rings. The molecule has 0 aliphatic rings. The third kappa shape index (κ3) is 52.2. The fourth-order valence-corrected chi connectivity index (χ4v) is 7.91. The topological polar surface area (TPSA) is 61.8 Å². The van der Waals surface area contributed by atoms with E-state index in [-0.39, 0.29) is 25.2 Å². The lowest BCUT2D eigenvalue weighted by Crippen LogP contribution is -2.30.